The van der Waals surface area contributed by atoms with Crippen molar-refractivity contribution in [3.63, 3.8) is 0 Å². The first-order chi connectivity index (χ1) is 4.83. The molecule has 0 radical (unpaired) electrons. The summed E-state index contributed by atoms with van der Waals surface area (Å²) in [5.74, 6) is 0. The summed E-state index contributed by atoms with van der Waals surface area (Å²) in [6.07, 6.45) is 3.81. The van der Waals surface area contributed by atoms with Crippen molar-refractivity contribution in [1.29, 1.82) is 0 Å². The second kappa shape index (κ2) is 3.17. The van der Waals surface area contributed by atoms with Crippen LogP contribution < -0.4 is 0 Å². The zero-order chi connectivity index (χ0) is 7.45. The van der Waals surface area contributed by atoms with Crippen molar-refractivity contribution in [3.8, 4) is 0 Å². The van der Waals surface area contributed by atoms with Crippen LogP contribution in [0.25, 0.3) is 0 Å². The average Bonchev–Trinajstić information content (AvgIpc) is 2.06. The first kappa shape index (κ1) is 7.76. The molecule has 1 heterocycles. The van der Waals surface area contributed by atoms with Gasteiger partial charge in [0.1, 0.15) is 6.79 Å². The number of hydrogen-bond acceptors (Lipinski definition) is 2. The molecule has 2 heteroatoms. The Hall–Kier alpha value is -0.340. The summed E-state index contributed by atoms with van der Waals surface area (Å²) in [7, 11) is 0. The number of hydrogen-bond donors (Lipinski definition) is 0. The highest BCUT2D eigenvalue weighted by Gasteiger charge is 2.27. The molecule has 58 valence electrons. The SMILES string of the molecule is C=CC1(CC)CCOCO1. The maximum Gasteiger partial charge on any atom is 0.147 e. The van der Waals surface area contributed by atoms with Gasteiger partial charge in [-0.1, -0.05) is 13.0 Å². The van der Waals surface area contributed by atoms with Gasteiger partial charge in [-0.25, -0.2) is 0 Å². The summed E-state index contributed by atoms with van der Waals surface area (Å²) < 4.78 is 10.5. The summed E-state index contributed by atoms with van der Waals surface area (Å²) >= 11 is 0. The van der Waals surface area contributed by atoms with Gasteiger partial charge in [-0.3, -0.25) is 0 Å². The van der Waals surface area contributed by atoms with E-state index in [1.165, 1.54) is 0 Å². The van der Waals surface area contributed by atoms with E-state index in [0.717, 1.165) is 19.4 Å². The highest BCUT2D eigenvalue weighted by molar-refractivity contribution is 4.97. The van der Waals surface area contributed by atoms with Crippen molar-refractivity contribution in [2.75, 3.05) is 13.4 Å². The van der Waals surface area contributed by atoms with Gasteiger partial charge in [0, 0.05) is 6.42 Å². The second-order valence-corrected chi connectivity index (χ2v) is 2.54. The van der Waals surface area contributed by atoms with Crippen molar-refractivity contribution in [2.45, 2.75) is 25.4 Å². The summed E-state index contributed by atoms with van der Waals surface area (Å²) in [5.41, 5.74) is -0.0990. The Kier molecular flexibility index (Phi) is 2.46. The molecule has 1 fully saturated rings. The fraction of sp³-hybridized carbons (Fsp3) is 0.750. The smallest absolute Gasteiger partial charge is 0.147 e. The highest BCUT2D eigenvalue weighted by Crippen LogP contribution is 2.24. The third-order valence-corrected chi connectivity index (χ3v) is 2.07. The van der Waals surface area contributed by atoms with Crippen LogP contribution in [0.1, 0.15) is 19.8 Å². The Morgan fingerprint density at radius 2 is 2.50 bits per heavy atom. The summed E-state index contributed by atoms with van der Waals surface area (Å²) in [6.45, 7) is 7.06. The molecule has 0 aromatic carbocycles. The molecule has 0 aromatic rings. The predicted octanol–water partition coefficient (Wildman–Crippen LogP) is 1.72. The Balaban J connectivity index is 2.52. The first-order valence-electron chi connectivity index (χ1n) is 3.68. The quantitative estimate of drug-likeness (QED) is 0.546. The lowest BCUT2D eigenvalue weighted by Crippen LogP contribution is -2.36. The van der Waals surface area contributed by atoms with Crippen LogP contribution in [-0.2, 0) is 9.47 Å². The Morgan fingerprint density at radius 1 is 1.70 bits per heavy atom. The maximum atomic E-state index is 5.42. The van der Waals surface area contributed by atoms with Crippen molar-refractivity contribution in [3.05, 3.63) is 12.7 Å². The second-order valence-electron chi connectivity index (χ2n) is 2.54. The molecule has 2 nitrogen and oxygen atoms in total. The Labute approximate surface area is 61.8 Å². The van der Waals surface area contributed by atoms with E-state index in [9.17, 15) is 0 Å². The van der Waals surface area contributed by atoms with Crippen LogP contribution in [0.2, 0.25) is 0 Å². The first-order valence-corrected chi connectivity index (χ1v) is 3.68. The molecule has 0 aliphatic carbocycles. The third kappa shape index (κ3) is 1.39. The molecular formula is C8H14O2. The molecule has 1 rings (SSSR count). The third-order valence-electron chi connectivity index (χ3n) is 2.07. The lowest BCUT2D eigenvalue weighted by molar-refractivity contribution is -0.173. The monoisotopic (exact) mass is 142 g/mol. The molecule has 1 unspecified atom stereocenters. The molecule has 0 saturated carbocycles. The van der Waals surface area contributed by atoms with Gasteiger partial charge in [0.15, 0.2) is 0 Å². The molecule has 0 bridgehead atoms. The van der Waals surface area contributed by atoms with Crippen LogP contribution >= 0.6 is 0 Å². The molecule has 0 aromatic heterocycles. The summed E-state index contributed by atoms with van der Waals surface area (Å²) in [5, 5.41) is 0. The van der Waals surface area contributed by atoms with Gasteiger partial charge in [-0.2, -0.15) is 0 Å². The van der Waals surface area contributed by atoms with Gasteiger partial charge in [0.25, 0.3) is 0 Å². The fourth-order valence-corrected chi connectivity index (χ4v) is 1.12. The van der Waals surface area contributed by atoms with Crippen molar-refractivity contribution >= 4 is 0 Å². The van der Waals surface area contributed by atoms with Gasteiger partial charge in [0.2, 0.25) is 0 Å². The van der Waals surface area contributed by atoms with E-state index in [-0.39, 0.29) is 5.60 Å². The summed E-state index contributed by atoms with van der Waals surface area (Å²) in [6, 6.07) is 0. The van der Waals surface area contributed by atoms with E-state index in [2.05, 4.69) is 13.5 Å². The van der Waals surface area contributed by atoms with Crippen LogP contribution in [0.5, 0.6) is 0 Å². The highest BCUT2D eigenvalue weighted by atomic mass is 16.7. The minimum atomic E-state index is -0.0990. The Bertz CT molecular complexity index is 114. The predicted molar refractivity (Wildman–Crippen MR) is 39.7 cm³/mol. The topological polar surface area (TPSA) is 18.5 Å². The standard InChI is InChI=1S/C8H14O2/c1-3-8(4-2)5-6-9-7-10-8/h3H,1,4-7H2,2H3. The minimum Gasteiger partial charge on any atom is -0.355 e. The van der Waals surface area contributed by atoms with Gasteiger partial charge in [0.05, 0.1) is 12.2 Å². The largest absolute Gasteiger partial charge is 0.355 e. The van der Waals surface area contributed by atoms with Crippen molar-refractivity contribution < 1.29 is 9.47 Å². The molecule has 1 aliphatic heterocycles. The van der Waals surface area contributed by atoms with Gasteiger partial charge >= 0.3 is 0 Å². The van der Waals surface area contributed by atoms with E-state index in [0.29, 0.717) is 6.79 Å². The zero-order valence-corrected chi connectivity index (χ0v) is 6.43. The van der Waals surface area contributed by atoms with Crippen LogP contribution in [0.3, 0.4) is 0 Å². The molecule has 1 saturated heterocycles. The molecule has 0 N–H and O–H groups in total. The van der Waals surface area contributed by atoms with E-state index < -0.39 is 0 Å². The van der Waals surface area contributed by atoms with Crippen LogP contribution in [0.15, 0.2) is 12.7 Å². The lowest BCUT2D eigenvalue weighted by Gasteiger charge is -2.33. The van der Waals surface area contributed by atoms with Crippen molar-refractivity contribution in [1.82, 2.24) is 0 Å². The van der Waals surface area contributed by atoms with Crippen LogP contribution in [0, 0.1) is 0 Å². The van der Waals surface area contributed by atoms with E-state index in [1.54, 1.807) is 0 Å². The fourth-order valence-electron chi connectivity index (χ4n) is 1.12. The van der Waals surface area contributed by atoms with E-state index in [4.69, 9.17) is 9.47 Å². The van der Waals surface area contributed by atoms with Gasteiger partial charge in [-0.05, 0) is 6.42 Å². The van der Waals surface area contributed by atoms with Crippen LogP contribution in [-0.4, -0.2) is 19.0 Å². The molecule has 0 spiro atoms. The minimum absolute atomic E-state index is 0.0990. The maximum absolute atomic E-state index is 5.42. The molecule has 1 aliphatic rings. The lowest BCUT2D eigenvalue weighted by atomic mass is 9.96. The normalized spacial score (nSPS) is 33.7. The van der Waals surface area contributed by atoms with E-state index >= 15 is 0 Å². The zero-order valence-electron chi connectivity index (χ0n) is 6.43. The van der Waals surface area contributed by atoms with Gasteiger partial charge in [-0.15, -0.1) is 6.58 Å². The molecule has 1 atom stereocenters. The van der Waals surface area contributed by atoms with Gasteiger partial charge < -0.3 is 9.47 Å². The molecule has 0 amide bonds. The average molecular weight is 142 g/mol. The van der Waals surface area contributed by atoms with Crippen molar-refractivity contribution in [2.24, 2.45) is 0 Å². The summed E-state index contributed by atoms with van der Waals surface area (Å²) in [4.78, 5) is 0. The Morgan fingerprint density at radius 3 is 2.80 bits per heavy atom. The number of rotatable bonds is 2. The van der Waals surface area contributed by atoms with Crippen LogP contribution in [0.4, 0.5) is 0 Å². The molecule has 10 heavy (non-hydrogen) atoms. The molecular weight excluding hydrogens is 128 g/mol. The number of ether oxygens (including phenoxy) is 2. The van der Waals surface area contributed by atoms with E-state index in [1.807, 2.05) is 6.08 Å².